The highest BCUT2D eigenvalue weighted by atomic mass is 79.9. The molecule has 1 amide bonds. The SMILES string of the molecule is Cc1ccc(NC(=O)/C(C#N)=C/c2ccc(OCC(=O)O)c(Br)c2)cc1C. The van der Waals surface area contributed by atoms with Gasteiger partial charge in [-0.15, -0.1) is 0 Å². The number of amides is 1. The molecule has 0 aliphatic carbocycles. The van der Waals surface area contributed by atoms with Crippen LogP contribution in [-0.4, -0.2) is 23.6 Å². The predicted octanol–water partition coefficient (Wildman–Crippen LogP) is 4.08. The average Bonchev–Trinajstić information content (AvgIpc) is 2.61. The summed E-state index contributed by atoms with van der Waals surface area (Å²) in [6.07, 6.45) is 1.45. The normalized spacial score (nSPS) is 10.8. The number of carboxylic acids is 1. The number of rotatable bonds is 6. The number of halogens is 1. The third-order valence-electron chi connectivity index (χ3n) is 3.75. The molecule has 27 heavy (non-hydrogen) atoms. The van der Waals surface area contributed by atoms with Gasteiger partial charge >= 0.3 is 5.97 Å². The van der Waals surface area contributed by atoms with Crippen LogP contribution in [0.25, 0.3) is 6.08 Å². The Kier molecular flexibility index (Phi) is 6.74. The standard InChI is InChI=1S/C20H17BrN2O4/c1-12-3-5-16(7-13(12)2)23-20(26)15(10-22)8-14-4-6-18(17(21)9-14)27-11-19(24)25/h3-9H,11H2,1-2H3,(H,23,26)(H,24,25)/b15-8+. The molecule has 0 aliphatic heterocycles. The van der Waals surface area contributed by atoms with Crippen molar-refractivity contribution in [3.05, 3.63) is 63.1 Å². The smallest absolute Gasteiger partial charge is 0.341 e. The molecule has 0 bridgehead atoms. The molecule has 0 saturated heterocycles. The maximum Gasteiger partial charge on any atom is 0.341 e. The summed E-state index contributed by atoms with van der Waals surface area (Å²) in [5, 5.41) is 20.7. The minimum atomic E-state index is -1.08. The Bertz CT molecular complexity index is 961. The molecule has 0 aromatic heterocycles. The summed E-state index contributed by atoms with van der Waals surface area (Å²) in [7, 11) is 0. The number of carbonyl (C=O) groups excluding carboxylic acids is 1. The maximum atomic E-state index is 12.4. The lowest BCUT2D eigenvalue weighted by Crippen LogP contribution is -2.13. The highest BCUT2D eigenvalue weighted by Crippen LogP contribution is 2.27. The second-order valence-electron chi connectivity index (χ2n) is 5.80. The van der Waals surface area contributed by atoms with Crippen LogP contribution in [0.4, 0.5) is 5.69 Å². The lowest BCUT2D eigenvalue weighted by Gasteiger charge is -2.08. The van der Waals surface area contributed by atoms with E-state index in [1.807, 2.05) is 32.0 Å². The summed E-state index contributed by atoms with van der Waals surface area (Å²) in [5.41, 5.74) is 3.30. The maximum absolute atomic E-state index is 12.4. The Labute approximate surface area is 165 Å². The quantitative estimate of drug-likeness (QED) is 0.533. The van der Waals surface area contributed by atoms with E-state index >= 15 is 0 Å². The summed E-state index contributed by atoms with van der Waals surface area (Å²) >= 11 is 3.28. The van der Waals surface area contributed by atoms with E-state index in [0.29, 0.717) is 21.5 Å². The van der Waals surface area contributed by atoms with Gasteiger partial charge in [0.05, 0.1) is 4.47 Å². The number of aryl methyl sites for hydroxylation is 2. The van der Waals surface area contributed by atoms with Crippen LogP contribution >= 0.6 is 15.9 Å². The molecule has 0 saturated carbocycles. The lowest BCUT2D eigenvalue weighted by molar-refractivity contribution is -0.139. The van der Waals surface area contributed by atoms with Gasteiger partial charge in [0, 0.05) is 5.69 Å². The molecular weight excluding hydrogens is 412 g/mol. The fraction of sp³-hybridized carbons (Fsp3) is 0.150. The first-order valence-electron chi connectivity index (χ1n) is 7.94. The molecule has 0 aliphatic rings. The van der Waals surface area contributed by atoms with Crippen LogP contribution in [0.1, 0.15) is 16.7 Å². The number of benzene rings is 2. The van der Waals surface area contributed by atoms with E-state index in [-0.39, 0.29) is 5.57 Å². The van der Waals surface area contributed by atoms with E-state index < -0.39 is 18.5 Å². The third kappa shape index (κ3) is 5.69. The van der Waals surface area contributed by atoms with Gasteiger partial charge in [0.25, 0.3) is 5.91 Å². The summed E-state index contributed by atoms with van der Waals surface area (Å²) in [6.45, 7) is 3.45. The minimum absolute atomic E-state index is 0.0562. The predicted molar refractivity (Wildman–Crippen MR) is 105 cm³/mol. The molecule has 0 radical (unpaired) electrons. The van der Waals surface area contributed by atoms with Gasteiger partial charge < -0.3 is 15.2 Å². The van der Waals surface area contributed by atoms with Crippen molar-refractivity contribution in [2.75, 3.05) is 11.9 Å². The Morgan fingerprint density at radius 3 is 2.56 bits per heavy atom. The van der Waals surface area contributed by atoms with Crippen LogP contribution < -0.4 is 10.1 Å². The Morgan fingerprint density at radius 2 is 1.96 bits per heavy atom. The molecule has 0 spiro atoms. The lowest BCUT2D eigenvalue weighted by atomic mass is 10.1. The number of nitrogens with zero attached hydrogens (tertiary/aromatic N) is 1. The van der Waals surface area contributed by atoms with E-state index in [1.54, 1.807) is 24.3 Å². The van der Waals surface area contributed by atoms with Crippen molar-refractivity contribution < 1.29 is 19.4 Å². The molecule has 7 heteroatoms. The van der Waals surface area contributed by atoms with E-state index in [1.165, 1.54) is 6.08 Å². The number of ether oxygens (including phenoxy) is 1. The first kappa shape index (κ1) is 20.2. The van der Waals surface area contributed by atoms with Crippen molar-refractivity contribution in [2.24, 2.45) is 0 Å². The van der Waals surface area contributed by atoms with Gasteiger partial charge in [-0.05, 0) is 76.8 Å². The highest BCUT2D eigenvalue weighted by Gasteiger charge is 2.11. The Balaban J connectivity index is 2.18. The van der Waals surface area contributed by atoms with Gasteiger partial charge in [-0.2, -0.15) is 5.26 Å². The molecule has 2 aromatic rings. The van der Waals surface area contributed by atoms with Gasteiger partial charge in [-0.25, -0.2) is 4.79 Å². The Morgan fingerprint density at radius 1 is 1.22 bits per heavy atom. The molecule has 6 nitrogen and oxygen atoms in total. The van der Waals surface area contributed by atoms with E-state index in [0.717, 1.165) is 11.1 Å². The molecule has 2 N–H and O–H groups in total. The molecule has 138 valence electrons. The zero-order valence-electron chi connectivity index (χ0n) is 14.7. The van der Waals surface area contributed by atoms with Gasteiger partial charge in [-0.3, -0.25) is 4.79 Å². The number of carbonyl (C=O) groups is 2. The van der Waals surface area contributed by atoms with Crippen molar-refractivity contribution >= 4 is 39.6 Å². The van der Waals surface area contributed by atoms with Crippen LogP contribution in [0.3, 0.4) is 0 Å². The molecule has 0 unspecified atom stereocenters. The number of anilines is 1. The summed E-state index contributed by atoms with van der Waals surface area (Å²) in [4.78, 5) is 22.9. The fourth-order valence-corrected chi connectivity index (χ4v) is 2.71. The van der Waals surface area contributed by atoms with Crippen LogP contribution in [0.2, 0.25) is 0 Å². The van der Waals surface area contributed by atoms with Crippen LogP contribution in [-0.2, 0) is 9.59 Å². The summed E-state index contributed by atoms with van der Waals surface area (Å²) in [6, 6.07) is 12.2. The van der Waals surface area contributed by atoms with Crippen molar-refractivity contribution in [2.45, 2.75) is 13.8 Å². The van der Waals surface area contributed by atoms with Gasteiger partial charge in [0.2, 0.25) is 0 Å². The Hall–Kier alpha value is -3.11. The molecule has 0 atom stereocenters. The number of nitrogens with one attached hydrogen (secondary N) is 1. The zero-order valence-corrected chi connectivity index (χ0v) is 16.3. The first-order chi connectivity index (χ1) is 12.8. The summed E-state index contributed by atoms with van der Waals surface area (Å²) in [5.74, 6) is -1.24. The van der Waals surface area contributed by atoms with Crippen molar-refractivity contribution in [1.29, 1.82) is 5.26 Å². The highest BCUT2D eigenvalue weighted by molar-refractivity contribution is 9.10. The number of aliphatic carboxylic acids is 1. The average molecular weight is 429 g/mol. The van der Waals surface area contributed by atoms with Crippen molar-refractivity contribution in [3.63, 3.8) is 0 Å². The van der Waals surface area contributed by atoms with Crippen molar-refractivity contribution in [1.82, 2.24) is 0 Å². The third-order valence-corrected chi connectivity index (χ3v) is 4.37. The van der Waals surface area contributed by atoms with E-state index in [2.05, 4.69) is 21.2 Å². The van der Waals surface area contributed by atoms with Crippen LogP contribution in [0.5, 0.6) is 5.75 Å². The molecule has 2 rings (SSSR count). The number of nitriles is 1. The molecular formula is C20H17BrN2O4. The van der Waals surface area contributed by atoms with Crippen molar-refractivity contribution in [3.8, 4) is 11.8 Å². The van der Waals surface area contributed by atoms with Gasteiger partial charge in [0.1, 0.15) is 17.4 Å². The molecule has 0 fully saturated rings. The largest absolute Gasteiger partial charge is 0.481 e. The monoisotopic (exact) mass is 428 g/mol. The molecule has 0 heterocycles. The van der Waals surface area contributed by atoms with E-state index in [4.69, 9.17) is 9.84 Å². The first-order valence-corrected chi connectivity index (χ1v) is 8.74. The second kappa shape index (κ2) is 9.01. The topological polar surface area (TPSA) is 99.4 Å². The molecule has 2 aromatic carbocycles. The summed E-state index contributed by atoms with van der Waals surface area (Å²) < 4.78 is 5.64. The number of hydrogen-bond donors (Lipinski definition) is 2. The van der Waals surface area contributed by atoms with Gasteiger partial charge in [-0.1, -0.05) is 12.1 Å². The number of hydrogen-bond acceptors (Lipinski definition) is 4. The van der Waals surface area contributed by atoms with Gasteiger partial charge in [0.15, 0.2) is 6.61 Å². The van der Waals surface area contributed by atoms with Crippen LogP contribution in [0.15, 0.2) is 46.4 Å². The number of carboxylic acid groups (broad SMARTS) is 1. The minimum Gasteiger partial charge on any atom is -0.481 e. The fourth-order valence-electron chi connectivity index (χ4n) is 2.20. The second-order valence-corrected chi connectivity index (χ2v) is 6.65. The zero-order chi connectivity index (χ0) is 20.0. The van der Waals surface area contributed by atoms with Crippen LogP contribution in [0, 0.1) is 25.2 Å². The van der Waals surface area contributed by atoms with E-state index in [9.17, 15) is 14.9 Å².